The Bertz CT molecular complexity index is 1220. The Kier molecular flexibility index (Phi) is 6.42. The van der Waals surface area contributed by atoms with Gasteiger partial charge in [0.05, 0.1) is 23.1 Å². The largest absolute Gasteiger partial charge is 0.493 e. The van der Waals surface area contributed by atoms with Crippen molar-refractivity contribution in [3.63, 3.8) is 0 Å². The monoisotopic (exact) mass is 487 g/mol. The Morgan fingerprint density at radius 2 is 1.91 bits per heavy atom. The topological polar surface area (TPSA) is 102 Å². The van der Waals surface area contributed by atoms with E-state index in [-0.39, 0.29) is 0 Å². The molecule has 0 bridgehead atoms. The maximum absolute atomic E-state index is 12.7. The molecule has 2 aliphatic rings. The maximum Gasteiger partial charge on any atom is 0.337 e. The first-order chi connectivity index (χ1) is 15.9. The number of ether oxygens (including phenoxy) is 2. The molecule has 1 heterocycles. The van der Waals surface area contributed by atoms with Crippen LogP contribution in [0.5, 0.6) is 5.75 Å². The summed E-state index contributed by atoms with van der Waals surface area (Å²) in [5.74, 6) is -0.275. The van der Waals surface area contributed by atoms with E-state index < -0.39 is 32.9 Å². The predicted molar refractivity (Wildman–Crippen MR) is 132 cm³/mol. The number of aryl methyl sites for hydroxylation is 2. The van der Waals surface area contributed by atoms with Crippen LogP contribution in [-0.4, -0.2) is 37.0 Å². The molecule has 8 heteroatoms. The average molecular weight is 488 g/mol. The van der Waals surface area contributed by atoms with Gasteiger partial charge in [0, 0.05) is 5.56 Å². The molecule has 0 radical (unpaired) electrons. The van der Waals surface area contributed by atoms with Crippen LogP contribution < -0.4 is 9.46 Å². The second-order valence-electron chi connectivity index (χ2n) is 10.2. The summed E-state index contributed by atoms with van der Waals surface area (Å²) in [6.45, 7) is 9.74. The van der Waals surface area contributed by atoms with Gasteiger partial charge in [-0.1, -0.05) is 6.07 Å². The lowest BCUT2D eigenvalue weighted by Gasteiger charge is -2.30. The molecular weight excluding hydrogens is 454 g/mol. The summed E-state index contributed by atoms with van der Waals surface area (Å²) < 4.78 is 39.9. The second-order valence-corrected chi connectivity index (χ2v) is 12.2. The predicted octanol–water partition coefficient (Wildman–Crippen LogP) is 5.14. The molecule has 1 aliphatic carbocycles. The minimum absolute atomic E-state index is 0.392. The van der Waals surface area contributed by atoms with Crippen molar-refractivity contribution in [2.24, 2.45) is 0 Å². The lowest BCUT2D eigenvalue weighted by Crippen LogP contribution is -2.29. The molecule has 2 aromatic rings. The fraction of sp³-hybridized carbons (Fsp3) is 0.500. The number of sulfonamides is 1. The first-order valence-electron chi connectivity index (χ1n) is 11.7. The highest BCUT2D eigenvalue weighted by Gasteiger charge is 2.37. The molecule has 2 aromatic carbocycles. The number of carboxylic acid groups (broad SMARTS) is 1. The van der Waals surface area contributed by atoms with Crippen molar-refractivity contribution in [1.29, 1.82) is 0 Å². The zero-order valence-corrected chi connectivity index (χ0v) is 21.2. The summed E-state index contributed by atoms with van der Waals surface area (Å²) in [5, 5.41) is 9.82. The molecule has 34 heavy (non-hydrogen) atoms. The Balaban J connectivity index is 1.92. The SMILES string of the molecule is Cc1cc(NS(=O)(=O)C2CC2)c(C)c(C(OC(C)(C)C)C(=O)O)c1-c1ccc2c(c1)CCCO2. The van der Waals surface area contributed by atoms with E-state index in [0.29, 0.717) is 36.3 Å². The molecule has 184 valence electrons. The summed E-state index contributed by atoms with van der Waals surface area (Å²) in [7, 11) is -3.52. The first kappa shape index (κ1) is 24.5. The Morgan fingerprint density at radius 3 is 2.53 bits per heavy atom. The minimum atomic E-state index is -3.52. The van der Waals surface area contributed by atoms with Crippen LogP contribution >= 0.6 is 0 Å². The molecule has 1 unspecified atom stereocenters. The van der Waals surface area contributed by atoms with Crippen molar-refractivity contribution >= 4 is 21.7 Å². The molecule has 1 fully saturated rings. The highest BCUT2D eigenvalue weighted by atomic mass is 32.2. The number of hydrogen-bond acceptors (Lipinski definition) is 5. The van der Waals surface area contributed by atoms with Crippen molar-refractivity contribution in [2.45, 2.75) is 77.3 Å². The number of nitrogens with one attached hydrogen (secondary N) is 1. The highest BCUT2D eigenvalue weighted by molar-refractivity contribution is 7.93. The van der Waals surface area contributed by atoms with Gasteiger partial charge < -0.3 is 14.6 Å². The van der Waals surface area contributed by atoms with Gasteiger partial charge >= 0.3 is 5.97 Å². The van der Waals surface area contributed by atoms with Gasteiger partial charge in [-0.05, 0) is 106 Å². The van der Waals surface area contributed by atoms with Gasteiger partial charge in [-0.25, -0.2) is 13.2 Å². The Labute approximate surface area is 201 Å². The summed E-state index contributed by atoms with van der Waals surface area (Å²) >= 11 is 0. The summed E-state index contributed by atoms with van der Waals surface area (Å²) in [5.41, 5.74) is 4.14. The fourth-order valence-corrected chi connectivity index (χ4v) is 5.92. The number of carbonyl (C=O) groups is 1. The normalized spacial score (nSPS) is 17.0. The highest BCUT2D eigenvalue weighted by Crippen LogP contribution is 2.43. The van der Waals surface area contributed by atoms with E-state index >= 15 is 0 Å². The quantitative estimate of drug-likeness (QED) is 0.561. The zero-order valence-electron chi connectivity index (χ0n) is 20.4. The smallest absolute Gasteiger partial charge is 0.337 e. The number of fused-ring (bicyclic) bond motifs is 1. The Morgan fingerprint density at radius 1 is 1.21 bits per heavy atom. The van der Waals surface area contributed by atoms with Crippen LogP contribution in [0.25, 0.3) is 11.1 Å². The second kappa shape index (κ2) is 8.89. The van der Waals surface area contributed by atoms with E-state index in [1.807, 2.05) is 25.1 Å². The summed E-state index contributed by atoms with van der Waals surface area (Å²) in [4.78, 5) is 12.5. The molecule has 4 rings (SSSR count). The molecule has 1 saturated carbocycles. The number of aliphatic carboxylic acids is 1. The van der Waals surface area contributed by atoms with Crippen LogP contribution in [0, 0.1) is 13.8 Å². The standard InChI is InChI=1S/C26H33NO6S/c1-15-13-20(27-34(30,31)19-9-10-19)16(2)23(24(25(28)29)33-26(3,4)5)22(15)18-8-11-21-17(14-18)7-6-12-32-21/h8,11,13-14,19,24,27H,6-7,9-10,12H2,1-5H3,(H,28,29). The van der Waals surface area contributed by atoms with Crippen LogP contribution in [0.2, 0.25) is 0 Å². The van der Waals surface area contributed by atoms with E-state index in [1.165, 1.54) is 0 Å². The number of benzene rings is 2. The average Bonchev–Trinajstić information content (AvgIpc) is 3.59. The molecule has 2 N–H and O–H groups in total. The molecule has 0 aromatic heterocycles. The molecule has 1 aliphatic heterocycles. The van der Waals surface area contributed by atoms with Gasteiger partial charge in [-0.15, -0.1) is 0 Å². The molecule has 0 spiro atoms. The van der Waals surface area contributed by atoms with Crippen molar-refractivity contribution < 1.29 is 27.8 Å². The number of hydrogen-bond donors (Lipinski definition) is 2. The van der Waals surface area contributed by atoms with Crippen molar-refractivity contribution in [3.8, 4) is 16.9 Å². The number of rotatable bonds is 7. The third-order valence-corrected chi connectivity index (χ3v) is 8.06. The van der Waals surface area contributed by atoms with Gasteiger partial charge in [0.25, 0.3) is 0 Å². The van der Waals surface area contributed by atoms with E-state index in [2.05, 4.69) is 4.72 Å². The Hall–Kier alpha value is -2.58. The van der Waals surface area contributed by atoms with Crippen LogP contribution in [0.15, 0.2) is 24.3 Å². The van der Waals surface area contributed by atoms with Gasteiger partial charge in [0.15, 0.2) is 6.10 Å². The van der Waals surface area contributed by atoms with Gasteiger partial charge in [0.2, 0.25) is 10.0 Å². The van der Waals surface area contributed by atoms with E-state index in [9.17, 15) is 18.3 Å². The molecule has 0 saturated heterocycles. The molecule has 0 amide bonds. The third-order valence-electron chi connectivity index (χ3n) is 6.20. The van der Waals surface area contributed by atoms with Gasteiger partial charge in [-0.3, -0.25) is 4.72 Å². The third kappa shape index (κ3) is 5.08. The van der Waals surface area contributed by atoms with Crippen LogP contribution in [0.3, 0.4) is 0 Å². The fourth-order valence-electron chi connectivity index (χ4n) is 4.48. The van der Waals surface area contributed by atoms with E-state index in [4.69, 9.17) is 9.47 Å². The number of carboxylic acids is 1. The number of anilines is 1. The van der Waals surface area contributed by atoms with Crippen LogP contribution in [0.1, 0.15) is 68.4 Å². The summed E-state index contributed by atoms with van der Waals surface area (Å²) in [6.07, 6.45) is 1.82. The lowest BCUT2D eigenvalue weighted by molar-refractivity contribution is -0.160. The lowest BCUT2D eigenvalue weighted by atomic mass is 9.86. The van der Waals surface area contributed by atoms with Crippen LogP contribution in [-0.2, 0) is 26.0 Å². The first-order valence-corrected chi connectivity index (χ1v) is 13.2. The minimum Gasteiger partial charge on any atom is -0.493 e. The van der Waals surface area contributed by atoms with Crippen molar-refractivity contribution in [1.82, 2.24) is 0 Å². The summed E-state index contributed by atoms with van der Waals surface area (Å²) in [6, 6.07) is 7.69. The van der Waals surface area contributed by atoms with E-state index in [0.717, 1.165) is 40.8 Å². The van der Waals surface area contributed by atoms with Gasteiger partial charge in [-0.2, -0.15) is 0 Å². The molecule has 1 atom stereocenters. The van der Waals surface area contributed by atoms with Crippen molar-refractivity contribution in [3.05, 3.63) is 46.5 Å². The van der Waals surface area contributed by atoms with Crippen molar-refractivity contribution in [2.75, 3.05) is 11.3 Å². The molecular formula is C26H33NO6S. The van der Waals surface area contributed by atoms with Crippen LogP contribution in [0.4, 0.5) is 5.69 Å². The zero-order chi connectivity index (χ0) is 24.8. The van der Waals surface area contributed by atoms with Gasteiger partial charge in [0.1, 0.15) is 5.75 Å². The maximum atomic E-state index is 12.7. The van der Waals surface area contributed by atoms with E-state index in [1.54, 1.807) is 33.8 Å². The molecule has 7 nitrogen and oxygen atoms in total.